The highest BCUT2D eigenvalue weighted by Crippen LogP contribution is 2.24. The molecule has 0 amide bonds. The Morgan fingerprint density at radius 1 is 1.26 bits per heavy atom. The van der Waals surface area contributed by atoms with Crippen LogP contribution in [0.3, 0.4) is 0 Å². The van der Waals surface area contributed by atoms with Gasteiger partial charge in [0.15, 0.2) is 0 Å². The zero-order valence-corrected chi connectivity index (χ0v) is 12.0. The second-order valence-corrected chi connectivity index (χ2v) is 5.11. The SMILES string of the molecule is Cc1ccc(F)c(CNc2ccc(C#N)cc2Br)c1. The average Bonchev–Trinajstić information content (AvgIpc) is 2.40. The highest BCUT2D eigenvalue weighted by Gasteiger charge is 2.04. The van der Waals surface area contributed by atoms with Gasteiger partial charge in [-0.2, -0.15) is 5.26 Å². The lowest BCUT2D eigenvalue weighted by Gasteiger charge is -2.10. The number of aryl methyl sites for hydroxylation is 1. The first-order valence-corrected chi connectivity index (χ1v) is 6.58. The molecular formula is C15H12BrFN2. The quantitative estimate of drug-likeness (QED) is 0.911. The van der Waals surface area contributed by atoms with Gasteiger partial charge in [0.05, 0.1) is 11.6 Å². The van der Waals surface area contributed by atoms with E-state index in [1.165, 1.54) is 6.07 Å². The van der Waals surface area contributed by atoms with Crippen molar-refractivity contribution in [2.75, 3.05) is 5.32 Å². The number of benzene rings is 2. The summed E-state index contributed by atoms with van der Waals surface area (Å²) in [6.45, 7) is 2.33. The Kier molecular flexibility index (Phi) is 4.18. The van der Waals surface area contributed by atoms with Crippen molar-refractivity contribution < 1.29 is 4.39 Å². The van der Waals surface area contributed by atoms with Crippen molar-refractivity contribution in [2.24, 2.45) is 0 Å². The topological polar surface area (TPSA) is 35.8 Å². The molecule has 19 heavy (non-hydrogen) atoms. The van der Waals surface area contributed by atoms with Crippen LogP contribution in [0.1, 0.15) is 16.7 Å². The summed E-state index contributed by atoms with van der Waals surface area (Å²) in [6, 6.07) is 12.4. The van der Waals surface area contributed by atoms with E-state index in [0.717, 1.165) is 15.7 Å². The number of hydrogen-bond donors (Lipinski definition) is 1. The minimum Gasteiger partial charge on any atom is -0.380 e. The molecule has 0 radical (unpaired) electrons. The fourth-order valence-electron chi connectivity index (χ4n) is 1.76. The molecule has 0 aliphatic rings. The van der Waals surface area contributed by atoms with Gasteiger partial charge in [-0.3, -0.25) is 0 Å². The zero-order chi connectivity index (χ0) is 13.8. The lowest BCUT2D eigenvalue weighted by atomic mass is 10.1. The van der Waals surface area contributed by atoms with Gasteiger partial charge >= 0.3 is 0 Å². The molecule has 2 aromatic carbocycles. The Balaban J connectivity index is 2.15. The molecule has 0 fully saturated rings. The molecule has 0 aliphatic heterocycles. The molecule has 0 aromatic heterocycles. The van der Waals surface area contributed by atoms with Crippen LogP contribution >= 0.6 is 15.9 Å². The molecule has 0 heterocycles. The zero-order valence-electron chi connectivity index (χ0n) is 10.4. The van der Waals surface area contributed by atoms with Crippen molar-refractivity contribution in [3.8, 4) is 6.07 Å². The largest absolute Gasteiger partial charge is 0.380 e. The highest BCUT2D eigenvalue weighted by atomic mass is 79.9. The second-order valence-electron chi connectivity index (χ2n) is 4.25. The first-order valence-electron chi connectivity index (χ1n) is 5.78. The van der Waals surface area contributed by atoms with Gasteiger partial charge in [0.25, 0.3) is 0 Å². The van der Waals surface area contributed by atoms with Crippen LogP contribution in [0.5, 0.6) is 0 Å². The molecule has 0 aliphatic carbocycles. The number of nitrogens with one attached hydrogen (secondary N) is 1. The highest BCUT2D eigenvalue weighted by molar-refractivity contribution is 9.10. The van der Waals surface area contributed by atoms with Crippen LogP contribution in [0, 0.1) is 24.1 Å². The predicted octanol–water partition coefficient (Wildman–Crippen LogP) is 4.38. The number of rotatable bonds is 3. The van der Waals surface area contributed by atoms with Crippen LogP contribution in [0.15, 0.2) is 40.9 Å². The monoisotopic (exact) mass is 318 g/mol. The molecule has 4 heteroatoms. The molecule has 1 N–H and O–H groups in total. The van der Waals surface area contributed by atoms with Gasteiger partial charge in [-0.1, -0.05) is 17.7 Å². The van der Waals surface area contributed by atoms with Crippen molar-refractivity contribution in [1.29, 1.82) is 5.26 Å². The summed E-state index contributed by atoms with van der Waals surface area (Å²) in [5.41, 5.74) is 3.06. The lowest BCUT2D eigenvalue weighted by Crippen LogP contribution is -2.03. The Morgan fingerprint density at radius 3 is 2.74 bits per heavy atom. The van der Waals surface area contributed by atoms with Crippen molar-refractivity contribution in [3.63, 3.8) is 0 Å². The van der Waals surface area contributed by atoms with Crippen LogP contribution in [-0.2, 0) is 6.54 Å². The molecule has 2 nitrogen and oxygen atoms in total. The van der Waals surface area contributed by atoms with Gasteiger partial charge in [-0.05, 0) is 47.1 Å². The van der Waals surface area contributed by atoms with E-state index in [1.54, 1.807) is 24.3 Å². The van der Waals surface area contributed by atoms with E-state index < -0.39 is 0 Å². The van der Waals surface area contributed by atoms with Crippen molar-refractivity contribution in [3.05, 3.63) is 63.4 Å². The lowest BCUT2D eigenvalue weighted by molar-refractivity contribution is 0.612. The second kappa shape index (κ2) is 5.85. The summed E-state index contributed by atoms with van der Waals surface area (Å²) in [7, 11) is 0. The van der Waals surface area contributed by atoms with Crippen molar-refractivity contribution >= 4 is 21.6 Å². The van der Waals surface area contributed by atoms with Crippen LogP contribution in [0.25, 0.3) is 0 Å². The Bertz CT molecular complexity index is 647. The molecule has 2 rings (SSSR count). The number of hydrogen-bond acceptors (Lipinski definition) is 2. The molecule has 0 bridgehead atoms. The molecule has 2 aromatic rings. The van der Waals surface area contributed by atoms with E-state index in [4.69, 9.17) is 5.26 Å². The van der Waals surface area contributed by atoms with Crippen molar-refractivity contribution in [2.45, 2.75) is 13.5 Å². The normalized spacial score (nSPS) is 10.0. The fraction of sp³-hybridized carbons (Fsp3) is 0.133. The predicted molar refractivity (Wildman–Crippen MR) is 77.3 cm³/mol. The van der Waals surface area contributed by atoms with Gasteiger partial charge in [-0.25, -0.2) is 4.39 Å². The molecular weight excluding hydrogens is 307 g/mol. The van der Waals surface area contributed by atoms with E-state index in [1.807, 2.05) is 13.0 Å². The van der Waals surface area contributed by atoms with E-state index in [2.05, 4.69) is 27.3 Å². The van der Waals surface area contributed by atoms with E-state index in [-0.39, 0.29) is 5.82 Å². The fourth-order valence-corrected chi connectivity index (χ4v) is 2.28. The van der Waals surface area contributed by atoms with Gasteiger partial charge in [0.2, 0.25) is 0 Å². The minimum absolute atomic E-state index is 0.220. The Labute approximate surface area is 120 Å². The summed E-state index contributed by atoms with van der Waals surface area (Å²) in [6.07, 6.45) is 0. The van der Waals surface area contributed by atoms with E-state index in [9.17, 15) is 4.39 Å². The number of nitriles is 1. The number of nitrogens with zero attached hydrogens (tertiary/aromatic N) is 1. The molecule has 0 spiro atoms. The number of halogens is 2. The van der Waals surface area contributed by atoms with Crippen LogP contribution in [0.4, 0.5) is 10.1 Å². The van der Waals surface area contributed by atoms with Crippen LogP contribution in [-0.4, -0.2) is 0 Å². The summed E-state index contributed by atoms with van der Waals surface area (Å²) in [5, 5.41) is 11.9. The molecule has 0 unspecified atom stereocenters. The summed E-state index contributed by atoms with van der Waals surface area (Å²) in [5.74, 6) is -0.220. The number of anilines is 1. The smallest absolute Gasteiger partial charge is 0.128 e. The summed E-state index contributed by atoms with van der Waals surface area (Å²) >= 11 is 3.39. The van der Waals surface area contributed by atoms with Gasteiger partial charge in [0.1, 0.15) is 5.82 Å². The van der Waals surface area contributed by atoms with Crippen molar-refractivity contribution in [1.82, 2.24) is 0 Å². The van der Waals surface area contributed by atoms with E-state index >= 15 is 0 Å². The van der Waals surface area contributed by atoms with Gasteiger partial charge in [-0.15, -0.1) is 0 Å². The van der Waals surface area contributed by atoms with Crippen LogP contribution < -0.4 is 5.32 Å². The molecule has 0 saturated heterocycles. The third kappa shape index (κ3) is 3.33. The Morgan fingerprint density at radius 2 is 2.05 bits per heavy atom. The maximum absolute atomic E-state index is 13.6. The van der Waals surface area contributed by atoms with Gasteiger partial charge < -0.3 is 5.32 Å². The first-order chi connectivity index (χ1) is 9.10. The third-order valence-corrected chi connectivity index (χ3v) is 3.42. The minimum atomic E-state index is -0.220. The summed E-state index contributed by atoms with van der Waals surface area (Å²) in [4.78, 5) is 0. The molecule has 0 atom stereocenters. The third-order valence-electron chi connectivity index (χ3n) is 2.77. The summed E-state index contributed by atoms with van der Waals surface area (Å²) < 4.78 is 14.4. The first kappa shape index (κ1) is 13.6. The molecule has 0 saturated carbocycles. The van der Waals surface area contributed by atoms with Gasteiger partial charge in [0, 0.05) is 22.3 Å². The standard InChI is InChI=1S/C15H12BrFN2/c1-10-2-4-14(17)12(6-10)9-19-15-5-3-11(8-18)7-13(15)16/h2-7,19H,9H2,1H3. The Hall–Kier alpha value is -1.86. The van der Waals surface area contributed by atoms with E-state index in [0.29, 0.717) is 17.7 Å². The van der Waals surface area contributed by atoms with Crippen LogP contribution in [0.2, 0.25) is 0 Å². The molecule has 96 valence electrons. The maximum Gasteiger partial charge on any atom is 0.128 e. The average molecular weight is 319 g/mol. The maximum atomic E-state index is 13.6.